The van der Waals surface area contributed by atoms with E-state index >= 15 is 0 Å². The van der Waals surface area contributed by atoms with Crippen molar-refractivity contribution in [2.45, 2.75) is 161 Å². The van der Waals surface area contributed by atoms with E-state index < -0.39 is 0 Å². The third-order valence-electron chi connectivity index (χ3n) is 6.00. The molecule has 0 bridgehead atoms. The van der Waals surface area contributed by atoms with E-state index in [2.05, 4.69) is 13.8 Å². The molecule has 0 rings (SSSR count). The van der Waals surface area contributed by atoms with E-state index in [-0.39, 0.29) is 0 Å². The van der Waals surface area contributed by atoms with Crippen LogP contribution in [0.3, 0.4) is 0 Å². The van der Waals surface area contributed by atoms with Crippen molar-refractivity contribution in [3.05, 3.63) is 13.8 Å². The van der Waals surface area contributed by atoms with Gasteiger partial charge in [-0.1, -0.05) is 174 Å². The van der Waals surface area contributed by atoms with E-state index in [4.69, 9.17) is 0 Å². The van der Waals surface area contributed by atoms with Crippen LogP contribution in [0.15, 0.2) is 0 Å². The highest BCUT2D eigenvalue weighted by Crippen LogP contribution is 2.15. The van der Waals surface area contributed by atoms with Crippen LogP contribution < -0.4 is 0 Å². The topological polar surface area (TPSA) is 0 Å². The van der Waals surface area contributed by atoms with Gasteiger partial charge in [-0.3, -0.25) is 0 Å². The minimum Gasteiger partial charge on any atom is -0.0533 e. The quantitative estimate of drug-likeness (QED) is 0.146. The zero-order valence-electron chi connectivity index (χ0n) is 19.1. The van der Waals surface area contributed by atoms with Crippen molar-refractivity contribution in [1.29, 1.82) is 0 Å². The largest absolute Gasteiger partial charge is 0.0533 e. The molecule has 2 radical (unpaired) electrons. The summed E-state index contributed by atoms with van der Waals surface area (Å²) in [6.07, 6.45) is 35.7. The summed E-state index contributed by atoms with van der Waals surface area (Å²) in [6, 6.07) is 0. The average molecular weight is 379 g/mol. The summed E-state index contributed by atoms with van der Waals surface area (Å²) in [7, 11) is 0. The Balaban J connectivity index is 2.95. The third-order valence-corrected chi connectivity index (χ3v) is 6.00. The van der Waals surface area contributed by atoms with Gasteiger partial charge in [0.05, 0.1) is 0 Å². The van der Waals surface area contributed by atoms with Crippen LogP contribution >= 0.6 is 0 Å². The molecule has 0 heteroatoms. The lowest BCUT2D eigenvalue weighted by molar-refractivity contribution is 0.517. The zero-order valence-corrected chi connectivity index (χ0v) is 19.1. The van der Waals surface area contributed by atoms with E-state index in [1.165, 1.54) is 148 Å². The molecule has 0 aliphatic rings. The van der Waals surface area contributed by atoms with Gasteiger partial charge in [-0.05, 0) is 0 Å². The number of hydrogen-bond donors (Lipinski definition) is 0. The van der Waals surface area contributed by atoms with Gasteiger partial charge in [-0.2, -0.15) is 0 Å². The molecule has 0 N–H and O–H groups in total. The molecule has 0 aromatic rings. The Bertz CT molecular complexity index is 208. The van der Waals surface area contributed by atoms with Gasteiger partial charge < -0.3 is 0 Å². The summed E-state index contributed by atoms with van der Waals surface area (Å²) in [4.78, 5) is 0. The van der Waals surface area contributed by atoms with E-state index in [1.807, 2.05) is 0 Å². The number of unbranched alkanes of at least 4 members (excludes halogenated alkanes) is 24. The van der Waals surface area contributed by atoms with Crippen molar-refractivity contribution in [1.82, 2.24) is 0 Å². The van der Waals surface area contributed by atoms with Gasteiger partial charge in [0.25, 0.3) is 0 Å². The van der Waals surface area contributed by atoms with Crippen LogP contribution in [0.1, 0.15) is 161 Å². The van der Waals surface area contributed by atoms with Crippen LogP contribution in [0.25, 0.3) is 0 Å². The Morgan fingerprint density at radius 1 is 0.185 bits per heavy atom. The van der Waals surface area contributed by atoms with Gasteiger partial charge in [-0.15, -0.1) is 0 Å². The predicted molar refractivity (Wildman–Crippen MR) is 126 cm³/mol. The first-order chi connectivity index (χ1) is 13.4. The third kappa shape index (κ3) is 26.0. The monoisotopic (exact) mass is 378 g/mol. The Morgan fingerprint density at radius 2 is 0.296 bits per heavy atom. The standard InChI is InChI=1S/C27H54/c1-3-5-7-9-11-13-15-17-19-21-23-25-27-26-24-22-20-18-16-14-12-10-8-6-4-2/h1-27H2. The Labute approximate surface area is 174 Å². The molecule has 0 aromatic heterocycles. The zero-order chi connectivity index (χ0) is 19.7. The Morgan fingerprint density at radius 3 is 0.407 bits per heavy atom. The molecule has 0 spiro atoms. The smallest absolute Gasteiger partial charge is 0.0533 e. The molecular formula is C27H54. The fourth-order valence-electron chi connectivity index (χ4n) is 4.07. The molecule has 0 saturated carbocycles. The van der Waals surface area contributed by atoms with Crippen LogP contribution in [0.5, 0.6) is 0 Å². The summed E-state index contributed by atoms with van der Waals surface area (Å²) < 4.78 is 0. The molecule has 0 saturated heterocycles. The van der Waals surface area contributed by atoms with E-state index in [9.17, 15) is 0 Å². The summed E-state index contributed by atoms with van der Waals surface area (Å²) in [6.45, 7) is 7.82. The summed E-state index contributed by atoms with van der Waals surface area (Å²) in [5, 5.41) is 0. The summed E-state index contributed by atoms with van der Waals surface area (Å²) >= 11 is 0. The Hall–Kier alpha value is 0. The second kappa shape index (κ2) is 26.0. The molecular weight excluding hydrogens is 324 g/mol. The lowest BCUT2D eigenvalue weighted by Crippen LogP contribution is -1.84. The highest BCUT2D eigenvalue weighted by molar-refractivity contribution is 4.52. The van der Waals surface area contributed by atoms with Gasteiger partial charge in [0.1, 0.15) is 0 Å². The van der Waals surface area contributed by atoms with Crippen molar-refractivity contribution < 1.29 is 0 Å². The van der Waals surface area contributed by atoms with E-state index in [0.717, 1.165) is 12.8 Å². The van der Waals surface area contributed by atoms with Gasteiger partial charge >= 0.3 is 0 Å². The van der Waals surface area contributed by atoms with Crippen LogP contribution in [0.4, 0.5) is 0 Å². The SMILES string of the molecule is [CH2]CCCCCCCCCCCCCCCCCCCCCCCCC[CH2]. The first kappa shape index (κ1) is 27.0. The average Bonchev–Trinajstić information content (AvgIpc) is 2.68. The normalized spacial score (nSPS) is 11.3. The molecule has 162 valence electrons. The first-order valence-electron chi connectivity index (χ1n) is 13.0. The molecule has 0 unspecified atom stereocenters. The molecule has 0 heterocycles. The van der Waals surface area contributed by atoms with Crippen molar-refractivity contribution in [3.63, 3.8) is 0 Å². The summed E-state index contributed by atoms with van der Waals surface area (Å²) in [5.41, 5.74) is 0. The maximum atomic E-state index is 3.91. The lowest BCUT2D eigenvalue weighted by atomic mass is 10.0. The van der Waals surface area contributed by atoms with E-state index in [1.54, 1.807) is 0 Å². The first-order valence-corrected chi connectivity index (χ1v) is 13.0. The maximum Gasteiger partial charge on any atom is -0.0533 e. The van der Waals surface area contributed by atoms with Crippen LogP contribution in [-0.4, -0.2) is 0 Å². The molecule has 0 fully saturated rings. The summed E-state index contributed by atoms with van der Waals surface area (Å²) in [5.74, 6) is 0. The molecule has 0 aromatic carbocycles. The van der Waals surface area contributed by atoms with Crippen molar-refractivity contribution in [3.8, 4) is 0 Å². The van der Waals surface area contributed by atoms with Crippen molar-refractivity contribution >= 4 is 0 Å². The molecule has 27 heavy (non-hydrogen) atoms. The number of rotatable bonds is 24. The molecule has 0 amide bonds. The maximum absolute atomic E-state index is 3.91. The minimum atomic E-state index is 1.12. The van der Waals surface area contributed by atoms with Crippen molar-refractivity contribution in [2.75, 3.05) is 0 Å². The second-order valence-electron chi connectivity index (χ2n) is 8.84. The van der Waals surface area contributed by atoms with Gasteiger partial charge in [-0.25, -0.2) is 0 Å². The highest BCUT2D eigenvalue weighted by Gasteiger charge is 1.95. The van der Waals surface area contributed by atoms with Crippen LogP contribution in [0, 0.1) is 13.8 Å². The van der Waals surface area contributed by atoms with Gasteiger partial charge in [0, 0.05) is 0 Å². The molecule has 0 nitrogen and oxygen atoms in total. The predicted octanol–water partition coefficient (Wildman–Crippen LogP) is 10.4. The Kier molecular flexibility index (Phi) is 26.0. The van der Waals surface area contributed by atoms with Crippen molar-refractivity contribution in [2.24, 2.45) is 0 Å². The molecule has 0 aliphatic heterocycles. The van der Waals surface area contributed by atoms with Crippen LogP contribution in [0.2, 0.25) is 0 Å². The van der Waals surface area contributed by atoms with Crippen LogP contribution in [-0.2, 0) is 0 Å². The number of hydrogen-bond acceptors (Lipinski definition) is 0. The minimum absolute atomic E-state index is 1.12. The lowest BCUT2D eigenvalue weighted by Gasteiger charge is -2.04. The van der Waals surface area contributed by atoms with E-state index in [0.29, 0.717) is 0 Å². The second-order valence-corrected chi connectivity index (χ2v) is 8.84. The molecule has 0 aliphatic carbocycles. The van der Waals surface area contributed by atoms with Gasteiger partial charge in [0.15, 0.2) is 0 Å². The molecule has 0 atom stereocenters. The highest BCUT2D eigenvalue weighted by atomic mass is 14.0. The fourth-order valence-corrected chi connectivity index (χ4v) is 4.07. The fraction of sp³-hybridized carbons (Fsp3) is 0.926. The van der Waals surface area contributed by atoms with Gasteiger partial charge in [0.2, 0.25) is 0 Å².